The van der Waals surface area contributed by atoms with Gasteiger partial charge in [-0.1, -0.05) is 38.3 Å². The van der Waals surface area contributed by atoms with Crippen LogP contribution in [0.4, 0.5) is 5.82 Å². The standard InChI is InChI=1S/C14H22ClN3/c1-3-5-11-6-8-18(9-7-11)14-12(4-2)13(15)16-10-17-14/h10-11H,3-9H2,1-2H3. The summed E-state index contributed by atoms with van der Waals surface area (Å²) in [6, 6.07) is 0. The largest absolute Gasteiger partial charge is 0.356 e. The van der Waals surface area contributed by atoms with Gasteiger partial charge in [0.1, 0.15) is 17.3 Å². The molecule has 1 aromatic heterocycles. The molecule has 4 heteroatoms. The molecule has 0 bridgehead atoms. The molecular formula is C14H22ClN3. The van der Waals surface area contributed by atoms with Gasteiger partial charge in [0.25, 0.3) is 0 Å². The Labute approximate surface area is 115 Å². The number of halogens is 1. The van der Waals surface area contributed by atoms with Crippen molar-refractivity contribution in [3.63, 3.8) is 0 Å². The number of rotatable bonds is 4. The summed E-state index contributed by atoms with van der Waals surface area (Å²) in [7, 11) is 0. The highest BCUT2D eigenvalue weighted by molar-refractivity contribution is 6.30. The summed E-state index contributed by atoms with van der Waals surface area (Å²) in [4.78, 5) is 10.9. The van der Waals surface area contributed by atoms with E-state index in [0.717, 1.165) is 36.8 Å². The summed E-state index contributed by atoms with van der Waals surface area (Å²) in [5.41, 5.74) is 1.09. The van der Waals surface area contributed by atoms with Crippen LogP contribution in [0.1, 0.15) is 45.1 Å². The smallest absolute Gasteiger partial charge is 0.137 e. The van der Waals surface area contributed by atoms with Crippen molar-refractivity contribution in [3.8, 4) is 0 Å². The molecule has 1 aliphatic rings. The first kappa shape index (κ1) is 13.6. The van der Waals surface area contributed by atoms with Crippen LogP contribution >= 0.6 is 11.6 Å². The van der Waals surface area contributed by atoms with Gasteiger partial charge in [-0.2, -0.15) is 0 Å². The number of hydrogen-bond acceptors (Lipinski definition) is 3. The zero-order valence-electron chi connectivity index (χ0n) is 11.3. The Balaban J connectivity index is 2.07. The van der Waals surface area contributed by atoms with Gasteiger partial charge in [-0.15, -0.1) is 0 Å². The molecule has 0 N–H and O–H groups in total. The molecule has 0 aliphatic carbocycles. The summed E-state index contributed by atoms with van der Waals surface area (Å²) >= 11 is 6.15. The Hall–Kier alpha value is -0.830. The lowest BCUT2D eigenvalue weighted by Gasteiger charge is -2.33. The number of aromatic nitrogens is 2. The van der Waals surface area contributed by atoms with Gasteiger partial charge in [0.05, 0.1) is 0 Å². The van der Waals surface area contributed by atoms with Crippen molar-refractivity contribution < 1.29 is 0 Å². The molecule has 0 spiro atoms. The SMILES string of the molecule is CCCC1CCN(c2ncnc(Cl)c2CC)CC1. The molecule has 0 radical (unpaired) electrons. The van der Waals surface area contributed by atoms with Gasteiger partial charge in [0.2, 0.25) is 0 Å². The third-order valence-corrected chi connectivity index (χ3v) is 4.16. The van der Waals surface area contributed by atoms with Crippen LogP contribution in [0.2, 0.25) is 5.15 Å². The third-order valence-electron chi connectivity index (χ3n) is 3.83. The van der Waals surface area contributed by atoms with E-state index >= 15 is 0 Å². The van der Waals surface area contributed by atoms with Gasteiger partial charge < -0.3 is 4.90 Å². The van der Waals surface area contributed by atoms with E-state index in [1.807, 2.05) is 0 Å². The van der Waals surface area contributed by atoms with Crippen LogP contribution < -0.4 is 4.90 Å². The minimum atomic E-state index is 0.609. The highest BCUT2D eigenvalue weighted by Crippen LogP contribution is 2.29. The first-order valence-corrected chi connectivity index (χ1v) is 7.38. The molecule has 0 aromatic carbocycles. The molecule has 3 nitrogen and oxygen atoms in total. The van der Waals surface area contributed by atoms with E-state index < -0.39 is 0 Å². The van der Waals surface area contributed by atoms with E-state index in [1.54, 1.807) is 6.33 Å². The molecule has 1 aliphatic heterocycles. The molecular weight excluding hydrogens is 246 g/mol. The van der Waals surface area contributed by atoms with E-state index in [2.05, 4.69) is 28.7 Å². The highest BCUT2D eigenvalue weighted by Gasteiger charge is 2.22. The molecule has 100 valence electrons. The van der Waals surface area contributed by atoms with E-state index in [-0.39, 0.29) is 0 Å². The zero-order valence-corrected chi connectivity index (χ0v) is 12.1. The van der Waals surface area contributed by atoms with Crippen molar-refractivity contribution in [2.75, 3.05) is 18.0 Å². The molecule has 0 saturated carbocycles. The summed E-state index contributed by atoms with van der Waals surface area (Å²) in [6.07, 6.45) is 7.68. The third kappa shape index (κ3) is 2.94. The molecule has 18 heavy (non-hydrogen) atoms. The maximum absolute atomic E-state index is 6.15. The molecule has 0 atom stereocenters. The van der Waals surface area contributed by atoms with Crippen LogP contribution in [0.3, 0.4) is 0 Å². The second-order valence-electron chi connectivity index (χ2n) is 5.04. The van der Waals surface area contributed by atoms with E-state index in [4.69, 9.17) is 11.6 Å². The average Bonchev–Trinajstić information content (AvgIpc) is 2.40. The van der Waals surface area contributed by atoms with Gasteiger partial charge in [-0.05, 0) is 25.2 Å². The molecule has 0 amide bonds. The Morgan fingerprint density at radius 2 is 2.00 bits per heavy atom. The quantitative estimate of drug-likeness (QED) is 0.779. The molecule has 1 aromatic rings. The van der Waals surface area contributed by atoms with Gasteiger partial charge >= 0.3 is 0 Å². The summed E-state index contributed by atoms with van der Waals surface area (Å²) in [5.74, 6) is 1.95. The molecule has 2 rings (SSSR count). The fourth-order valence-electron chi connectivity index (χ4n) is 2.80. The molecule has 2 heterocycles. The van der Waals surface area contributed by atoms with Gasteiger partial charge in [-0.3, -0.25) is 0 Å². The van der Waals surface area contributed by atoms with Crippen LogP contribution in [0, 0.1) is 5.92 Å². The van der Waals surface area contributed by atoms with Gasteiger partial charge in [0.15, 0.2) is 0 Å². The second-order valence-corrected chi connectivity index (χ2v) is 5.40. The first-order chi connectivity index (χ1) is 8.76. The van der Waals surface area contributed by atoms with Crippen LogP contribution in [-0.2, 0) is 6.42 Å². The maximum atomic E-state index is 6.15. The molecule has 1 fully saturated rings. The van der Waals surface area contributed by atoms with E-state index in [0.29, 0.717) is 5.15 Å². The maximum Gasteiger partial charge on any atom is 0.137 e. The van der Waals surface area contributed by atoms with Crippen molar-refractivity contribution in [3.05, 3.63) is 17.0 Å². The molecule has 1 saturated heterocycles. The predicted octanol–water partition coefficient (Wildman–Crippen LogP) is 3.71. The van der Waals surface area contributed by atoms with E-state index in [9.17, 15) is 0 Å². The lowest BCUT2D eigenvalue weighted by atomic mass is 9.92. The second kappa shape index (κ2) is 6.37. The van der Waals surface area contributed by atoms with Crippen LogP contribution in [0.15, 0.2) is 6.33 Å². The predicted molar refractivity (Wildman–Crippen MR) is 76.3 cm³/mol. The first-order valence-electron chi connectivity index (χ1n) is 7.00. The van der Waals surface area contributed by atoms with Crippen molar-refractivity contribution in [2.24, 2.45) is 5.92 Å². The van der Waals surface area contributed by atoms with Gasteiger partial charge in [0, 0.05) is 18.7 Å². The van der Waals surface area contributed by atoms with Crippen molar-refractivity contribution in [1.82, 2.24) is 9.97 Å². The lowest BCUT2D eigenvalue weighted by Crippen LogP contribution is -2.35. The number of hydrogen-bond donors (Lipinski definition) is 0. The van der Waals surface area contributed by atoms with Crippen LogP contribution in [0.5, 0.6) is 0 Å². The van der Waals surface area contributed by atoms with Crippen molar-refractivity contribution in [1.29, 1.82) is 0 Å². The monoisotopic (exact) mass is 267 g/mol. The number of anilines is 1. The minimum Gasteiger partial charge on any atom is -0.356 e. The normalized spacial score (nSPS) is 17.2. The fourth-order valence-corrected chi connectivity index (χ4v) is 3.06. The number of nitrogens with zero attached hydrogens (tertiary/aromatic N) is 3. The minimum absolute atomic E-state index is 0.609. The lowest BCUT2D eigenvalue weighted by molar-refractivity contribution is 0.377. The Morgan fingerprint density at radius 1 is 1.28 bits per heavy atom. The average molecular weight is 268 g/mol. The van der Waals surface area contributed by atoms with Crippen molar-refractivity contribution >= 4 is 17.4 Å². The van der Waals surface area contributed by atoms with E-state index in [1.165, 1.54) is 25.7 Å². The Bertz CT molecular complexity index is 387. The topological polar surface area (TPSA) is 29.0 Å². The molecule has 0 unspecified atom stereocenters. The van der Waals surface area contributed by atoms with Crippen molar-refractivity contribution in [2.45, 2.75) is 46.0 Å². The number of piperidine rings is 1. The zero-order chi connectivity index (χ0) is 13.0. The summed E-state index contributed by atoms with van der Waals surface area (Å²) in [5, 5.41) is 0.609. The summed E-state index contributed by atoms with van der Waals surface area (Å²) < 4.78 is 0. The fraction of sp³-hybridized carbons (Fsp3) is 0.714. The summed E-state index contributed by atoms with van der Waals surface area (Å²) in [6.45, 7) is 6.58. The highest BCUT2D eigenvalue weighted by atomic mass is 35.5. The van der Waals surface area contributed by atoms with Crippen LogP contribution in [-0.4, -0.2) is 23.1 Å². The Morgan fingerprint density at radius 3 is 2.61 bits per heavy atom. The Kier molecular flexibility index (Phi) is 4.81. The van der Waals surface area contributed by atoms with Gasteiger partial charge in [-0.25, -0.2) is 9.97 Å². The van der Waals surface area contributed by atoms with Crippen LogP contribution in [0.25, 0.3) is 0 Å².